The molecule has 2 aromatic rings. The van der Waals surface area contributed by atoms with Crippen LogP contribution in [0.2, 0.25) is 5.02 Å². The van der Waals surface area contributed by atoms with Crippen molar-refractivity contribution in [1.29, 1.82) is 0 Å². The molecule has 0 aliphatic rings. The summed E-state index contributed by atoms with van der Waals surface area (Å²) in [4.78, 5) is 24.3. The average molecular weight is 659 g/mol. The van der Waals surface area contributed by atoms with E-state index in [0.717, 1.165) is 0 Å². The number of benzene rings is 2. The van der Waals surface area contributed by atoms with Crippen LogP contribution in [0.15, 0.2) is 42.5 Å². The van der Waals surface area contributed by atoms with E-state index in [1.54, 1.807) is 0 Å². The number of Topliss-reactive ketones (excluding diaryl/α,β-unsaturated/α-hetero) is 2. The van der Waals surface area contributed by atoms with Crippen molar-refractivity contribution < 1.29 is 66.7 Å². The number of hydrogen-bond acceptors (Lipinski definition) is 2. The predicted molar refractivity (Wildman–Crippen MR) is 129 cm³/mol. The molecular formula is C27H20ClF13O2. The van der Waals surface area contributed by atoms with Crippen molar-refractivity contribution in [2.45, 2.75) is 63.2 Å². The zero-order valence-electron chi connectivity index (χ0n) is 21.6. The minimum Gasteiger partial charge on any atom is -0.300 e. The minimum absolute atomic E-state index is 0.0325. The summed E-state index contributed by atoms with van der Waals surface area (Å²) in [5.41, 5.74) is -6.64. The molecule has 1 unspecified atom stereocenters. The number of carbonyl (C=O) groups excluding carboxylic acids is 2. The highest BCUT2D eigenvalue weighted by atomic mass is 35.5. The number of hydrogen-bond donors (Lipinski definition) is 0. The number of rotatable bonds is 10. The third-order valence-corrected chi connectivity index (χ3v) is 6.19. The Morgan fingerprint density at radius 1 is 0.837 bits per heavy atom. The van der Waals surface area contributed by atoms with Crippen LogP contribution >= 0.6 is 11.6 Å². The molecule has 0 bridgehead atoms. The molecule has 0 aromatic heterocycles. The average Bonchev–Trinajstić information content (AvgIpc) is 2.82. The Morgan fingerprint density at radius 2 is 1.44 bits per heavy atom. The van der Waals surface area contributed by atoms with E-state index in [4.69, 9.17) is 11.6 Å². The molecule has 43 heavy (non-hydrogen) atoms. The van der Waals surface area contributed by atoms with Crippen LogP contribution < -0.4 is 0 Å². The van der Waals surface area contributed by atoms with Crippen LogP contribution in [0.4, 0.5) is 57.1 Å². The molecule has 2 rings (SSSR count). The molecule has 0 aliphatic heterocycles. The predicted octanol–water partition coefficient (Wildman–Crippen LogP) is 10.5. The van der Waals surface area contributed by atoms with Crippen molar-refractivity contribution in [2.75, 3.05) is 0 Å². The van der Waals surface area contributed by atoms with Gasteiger partial charge in [0.1, 0.15) is 17.5 Å². The lowest BCUT2D eigenvalue weighted by atomic mass is 9.90. The normalized spacial score (nSPS) is 14.9. The van der Waals surface area contributed by atoms with Gasteiger partial charge < -0.3 is 0 Å². The summed E-state index contributed by atoms with van der Waals surface area (Å²) in [6, 6.07) is 1.91. The van der Waals surface area contributed by atoms with Gasteiger partial charge in [0, 0.05) is 35.4 Å². The van der Waals surface area contributed by atoms with Gasteiger partial charge in [-0.2, -0.15) is 52.7 Å². The highest BCUT2D eigenvalue weighted by molar-refractivity contribution is 6.30. The van der Waals surface area contributed by atoms with Gasteiger partial charge in [-0.25, -0.2) is 4.39 Å². The summed E-state index contributed by atoms with van der Waals surface area (Å²) >= 11 is 5.52. The number of ketones is 2. The fourth-order valence-corrected chi connectivity index (χ4v) is 4.26. The maximum absolute atomic E-state index is 15.0. The molecule has 16 heteroatoms. The van der Waals surface area contributed by atoms with Crippen molar-refractivity contribution in [3.8, 4) is 0 Å². The first kappa shape index (κ1) is 36.1. The second-order valence-electron chi connectivity index (χ2n) is 9.65. The van der Waals surface area contributed by atoms with Crippen molar-refractivity contribution >= 4 is 29.0 Å². The van der Waals surface area contributed by atoms with E-state index in [0.29, 0.717) is 24.3 Å². The Labute approximate surface area is 240 Å². The van der Waals surface area contributed by atoms with Gasteiger partial charge in [0.2, 0.25) is 0 Å². The quantitative estimate of drug-likeness (QED) is 0.188. The molecule has 2 atom stereocenters. The zero-order chi connectivity index (χ0) is 33.1. The first-order valence-corrected chi connectivity index (χ1v) is 12.4. The molecule has 0 N–H and O–H groups in total. The molecule has 2 nitrogen and oxygen atoms in total. The van der Waals surface area contributed by atoms with Gasteiger partial charge in [0.05, 0.1) is 17.5 Å². The van der Waals surface area contributed by atoms with E-state index in [1.807, 2.05) is 0 Å². The van der Waals surface area contributed by atoms with E-state index < -0.39 is 112 Å². The van der Waals surface area contributed by atoms with Crippen LogP contribution in [0.5, 0.6) is 0 Å². The molecule has 238 valence electrons. The monoisotopic (exact) mass is 658 g/mol. The molecule has 2 aromatic carbocycles. The largest absolute Gasteiger partial charge is 0.417 e. The van der Waals surface area contributed by atoms with Crippen LogP contribution in [0.1, 0.15) is 71.1 Å². The van der Waals surface area contributed by atoms with Gasteiger partial charge in [-0.15, -0.1) is 0 Å². The third kappa shape index (κ3) is 10.8. The van der Waals surface area contributed by atoms with Crippen LogP contribution in [-0.4, -0.2) is 23.9 Å². The van der Waals surface area contributed by atoms with Gasteiger partial charge in [0.15, 0.2) is 5.78 Å². The van der Waals surface area contributed by atoms with E-state index in [2.05, 4.69) is 0 Å². The van der Waals surface area contributed by atoms with E-state index >= 15 is 0 Å². The van der Waals surface area contributed by atoms with Crippen LogP contribution in [0.25, 0.3) is 5.83 Å². The lowest BCUT2D eigenvalue weighted by molar-refractivity contribution is -0.143. The van der Waals surface area contributed by atoms with Crippen molar-refractivity contribution in [2.24, 2.45) is 5.92 Å². The van der Waals surface area contributed by atoms with Crippen LogP contribution in [0.3, 0.4) is 0 Å². The summed E-state index contributed by atoms with van der Waals surface area (Å²) in [6.07, 6.45) is -24.4. The Balaban J connectivity index is 2.43. The number of alkyl halides is 12. The van der Waals surface area contributed by atoms with E-state index in [9.17, 15) is 66.7 Å². The lowest BCUT2D eigenvalue weighted by Crippen LogP contribution is -2.20. The second-order valence-corrected chi connectivity index (χ2v) is 10.1. The Hall–Kier alpha value is -3.10. The highest BCUT2D eigenvalue weighted by Gasteiger charge is 2.42. The van der Waals surface area contributed by atoms with Crippen molar-refractivity contribution in [3.63, 3.8) is 0 Å². The molecule has 0 heterocycles. The smallest absolute Gasteiger partial charge is 0.300 e. The Bertz CT molecular complexity index is 1350. The summed E-state index contributed by atoms with van der Waals surface area (Å²) in [6.45, 7) is 1.23. The van der Waals surface area contributed by atoms with E-state index in [1.165, 1.54) is 6.92 Å². The standard InChI is InChI=1S/C27H20ClF13O2/c1-13(6-18(42)4-5-24(30,31)32)7-23(43)19-3-2-14(10-21(19)27(39,40)41)22(29)12-20(26(36,37)38)15-8-16(25(33,34)35)11-17(28)9-15/h2-3,8-13,20H,4-7H2,1H3/b22-12-/t13-,20?/m1/s1. The third-order valence-electron chi connectivity index (χ3n) is 5.97. The lowest BCUT2D eigenvalue weighted by Gasteiger charge is -2.20. The first-order valence-electron chi connectivity index (χ1n) is 12.0. The second kappa shape index (κ2) is 13.3. The van der Waals surface area contributed by atoms with Crippen LogP contribution in [0, 0.1) is 5.92 Å². The number of allylic oxidation sites excluding steroid dienone is 1. The molecule has 0 radical (unpaired) electrons. The SMILES string of the molecule is C[C@H](CC(=O)CCC(F)(F)F)CC(=O)c1ccc(/C(F)=C/C(c2cc(Cl)cc(C(F)(F)F)c2)C(F)(F)F)cc1C(F)(F)F. The van der Waals surface area contributed by atoms with Gasteiger partial charge >= 0.3 is 24.7 Å². The molecule has 0 fully saturated rings. The van der Waals surface area contributed by atoms with Crippen molar-refractivity contribution in [3.05, 3.63) is 75.3 Å². The summed E-state index contributed by atoms with van der Waals surface area (Å²) in [5.74, 6) is -8.09. The summed E-state index contributed by atoms with van der Waals surface area (Å²) in [7, 11) is 0. The molecular weight excluding hydrogens is 639 g/mol. The maximum Gasteiger partial charge on any atom is 0.417 e. The molecule has 0 saturated carbocycles. The molecule has 0 saturated heterocycles. The summed E-state index contributed by atoms with van der Waals surface area (Å²) < 4.78 is 174. The van der Waals surface area contributed by atoms with Crippen LogP contribution in [-0.2, 0) is 17.1 Å². The van der Waals surface area contributed by atoms with Gasteiger partial charge in [-0.1, -0.05) is 30.7 Å². The van der Waals surface area contributed by atoms with Gasteiger partial charge in [-0.3, -0.25) is 9.59 Å². The Kier molecular flexibility index (Phi) is 11.1. The number of carbonyl (C=O) groups is 2. The molecule has 0 spiro atoms. The van der Waals surface area contributed by atoms with Crippen molar-refractivity contribution in [1.82, 2.24) is 0 Å². The van der Waals surface area contributed by atoms with Gasteiger partial charge in [-0.05, 0) is 41.8 Å². The molecule has 0 aliphatic carbocycles. The topological polar surface area (TPSA) is 34.1 Å². The van der Waals surface area contributed by atoms with Gasteiger partial charge in [0.25, 0.3) is 0 Å². The first-order chi connectivity index (χ1) is 19.4. The fraction of sp³-hybridized carbons (Fsp3) is 0.407. The molecule has 0 amide bonds. The summed E-state index contributed by atoms with van der Waals surface area (Å²) in [5, 5.41) is -0.772. The maximum atomic E-state index is 15.0. The van der Waals surface area contributed by atoms with E-state index in [-0.39, 0.29) is 18.2 Å². The number of halogens is 14. The fourth-order valence-electron chi connectivity index (χ4n) is 4.02. The Morgan fingerprint density at radius 3 is 1.95 bits per heavy atom. The highest BCUT2D eigenvalue weighted by Crippen LogP contribution is 2.42. The minimum atomic E-state index is -5.42. The zero-order valence-corrected chi connectivity index (χ0v) is 22.4.